The number of methoxy groups -OCH3 is 1. The molecule has 0 atom stereocenters. The maximum absolute atomic E-state index is 12.7. The van der Waals surface area contributed by atoms with Crippen LogP contribution in [-0.2, 0) is 11.8 Å². The van der Waals surface area contributed by atoms with E-state index in [1.807, 2.05) is 0 Å². The molecule has 0 saturated heterocycles. The number of nitro groups is 1. The van der Waals surface area contributed by atoms with Crippen LogP contribution in [0.4, 0.5) is 5.69 Å². The summed E-state index contributed by atoms with van der Waals surface area (Å²) in [5.74, 6) is -0.0378. The Kier molecular flexibility index (Phi) is 4.67. The van der Waals surface area contributed by atoms with Crippen LogP contribution in [0.1, 0.15) is 10.4 Å². The molecule has 0 aliphatic heterocycles. The number of ether oxygens (including phenoxy) is 1. The number of benzene rings is 2. The number of nitrogens with zero attached hydrogens (tertiary/aromatic N) is 2. The van der Waals surface area contributed by atoms with Crippen LogP contribution < -0.4 is 5.43 Å². The SMILES string of the molecule is COC(=O)c1ccc(-c2oc3c(c2-c2ccc([N+](=O)[O-])cc2)c(=O)ccn3C)cc1. The number of non-ortho nitro benzene ring substituents is 1. The zero-order valence-corrected chi connectivity index (χ0v) is 16.1. The van der Waals surface area contributed by atoms with Crippen molar-refractivity contribution in [3.05, 3.63) is 86.7 Å². The first kappa shape index (κ1) is 19.1. The normalized spacial score (nSPS) is 10.9. The first-order valence-electron chi connectivity index (χ1n) is 8.96. The minimum Gasteiger partial charge on any atom is -0.465 e. The van der Waals surface area contributed by atoms with Gasteiger partial charge in [-0.25, -0.2) is 4.79 Å². The lowest BCUT2D eigenvalue weighted by Gasteiger charge is -2.05. The zero-order valence-electron chi connectivity index (χ0n) is 16.1. The Balaban J connectivity index is 1.98. The van der Waals surface area contributed by atoms with Crippen molar-refractivity contribution < 1.29 is 18.9 Å². The van der Waals surface area contributed by atoms with E-state index in [0.717, 1.165) is 0 Å². The topological polar surface area (TPSA) is 105 Å². The summed E-state index contributed by atoms with van der Waals surface area (Å²) in [4.78, 5) is 34.9. The molecule has 8 heteroatoms. The number of hydrogen-bond donors (Lipinski definition) is 0. The minimum absolute atomic E-state index is 0.0524. The van der Waals surface area contributed by atoms with Crippen LogP contribution in [-0.4, -0.2) is 22.6 Å². The van der Waals surface area contributed by atoms with Gasteiger partial charge in [-0.05, 0) is 29.8 Å². The molecule has 0 saturated carbocycles. The Hall–Kier alpha value is -4.20. The largest absolute Gasteiger partial charge is 0.465 e. The molecular formula is C22H16N2O6. The van der Waals surface area contributed by atoms with Gasteiger partial charge in [0.1, 0.15) is 5.76 Å². The smallest absolute Gasteiger partial charge is 0.337 e. The van der Waals surface area contributed by atoms with Crippen molar-refractivity contribution in [1.82, 2.24) is 4.57 Å². The van der Waals surface area contributed by atoms with Gasteiger partial charge in [-0.2, -0.15) is 0 Å². The van der Waals surface area contributed by atoms with E-state index in [0.29, 0.717) is 39.1 Å². The van der Waals surface area contributed by atoms with Crippen molar-refractivity contribution in [1.29, 1.82) is 0 Å². The van der Waals surface area contributed by atoms with Crippen molar-refractivity contribution in [3.63, 3.8) is 0 Å². The fourth-order valence-corrected chi connectivity index (χ4v) is 3.33. The van der Waals surface area contributed by atoms with Gasteiger partial charge in [0, 0.05) is 42.6 Å². The highest BCUT2D eigenvalue weighted by molar-refractivity contribution is 6.01. The monoisotopic (exact) mass is 404 g/mol. The molecule has 2 aromatic heterocycles. The molecule has 150 valence electrons. The molecule has 0 N–H and O–H groups in total. The number of aryl methyl sites for hydroxylation is 1. The molecule has 0 aliphatic carbocycles. The summed E-state index contributed by atoms with van der Waals surface area (Å²) in [6.07, 6.45) is 1.61. The predicted octanol–water partition coefficient (Wildman–Crippen LogP) is 4.16. The second-order valence-corrected chi connectivity index (χ2v) is 6.65. The third-order valence-corrected chi connectivity index (χ3v) is 4.84. The summed E-state index contributed by atoms with van der Waals surface area (Å²) in [6.45, 7) is 0. The van der Waals surface area contributed by atoms with E-state index in [9.17, 15) is 19.7 Å². The summed E-state index contributed by atoms with van der Waals surface area (Å²) in [7, 11) is 3.06. The van der Waals surface area contributed by atoms with Gasteiger partial charge in [0.2, 0.25) is 5.71 Å². The molecule has 8 nitrogen and oxygen atoms in total. The van der Waals surface area contributed by atoms with E-state index in [2.05, 4.69) is 0 Å². The van der Waals surface area contributed by atoms with Gasteiger partial charge in [-0.15, -0.1) is 0 Å². The van der Waals surface area contributed by atoms with E-state index in [4.69, 9.17) is 9.15 Å². The molecule has 4 aromatic rings. The lowest BCUT2D eigenvalue weighted by molar-refractivity contribution is -0.384. The number of pyridine rings is 1. The van der Waals surface area contributed by atoms with E-state index >= 15 is 0 Å². The quantitative estimate of drug-likeness (QED) is 0.287. The van der Waals surface area contributed by atoms with Gasteiger partial charge < -0.3 is 13.7 Å². The first-order chi connectivity index (χ1) is 14.4. The Labute approximate surface area is 170 Å². The molecule has 0 bridgehead atoms. The number of carbonyl (C=O) groups is 1. The van der Waals surface area contributed by atoms with E-state index in [1.165, 1.54) is 25.3 Å². The van der Waals surface area contributed by atoms with Gasteiger partial charge in [0.25, 0.3) is 5.69 Å². The van der Waals surface area contributed by atoms with Gasteiger partial charge >= 0.3 is 5.97 Å². The standard InChI is InChI=1S/C22H16N2O6/c1-23-12-11-17(25)19-18(13-7-9-16(10-8-13)24(27)28)20(30-21(19)23)14-3-5-15(6-4-14)22(26)29-2/h3-12H,1-2H3. The van der Waals surface area contributed by atoms with Crippen LogP contribution in [0.15, 0.2) is 70.0 Å². The maximum Gasteiger partial charge on any atom is 0.337 e. The third-order valence-electron chi connectivity index (χ3n) is 4.84. The van der Waals surface area contributed by atoms with Gasteiger partial charge in [0.15, 0.2) is 5.43 Å². The number of esters is 1. The molecule has 4 rings (SSSR count). The molecule has 0 radical (unpaired) electrons. The zero-order chi connectivity index (χ0) is 21.4. The highest BCUT2D eigenvalue weighted by Crippen LogP contribution is 2.39. The molecule has 0 fully saturated rings. The second kappa shape index (κ2) is 7.32. The fraction of sp³-hybridized carbons (Fsp3) is 0.0909. The van der Waals surface area contributed by atoms with Gasteiger partial charge in [-0.3, -0.25) is 14.9 Å². The van der Waals surface area contributed by atoms with Crippen molar-refractivity contribution in [3.8, 4) is 22.5 Å². The van der Waals surface area contributed by atoms with Gasteiger partial charge in [0.05, 0.1) is 23.0 Å². The van der Waals surface area contributed by atoms with Crippen LogP contribution in [0.5, 0.6) is 0 Å². The van der Waals surface area contributed by atoms with Gasteiger partial charge in [-0.1, -0.05) is 12.1 Å². The van der Waals surface area contributed by atoms with Crippen molar-refractivity contribution >= 4 is 22.8 Å². The maximum atomic E-state index is 12.7. The molecule has 0 unspecified atom stereocenters. The molecular weight excluding hydrogens is 388 g/mol. The summed E-state index contributed by atoms with van der Waals surface area (Å²) in [6, 6.07) is 14.0. The number of hydrogen-bond acceptors (Lipinski definition) is 6. The average molecular weight is 404 g/mol. The summed E-state index contributed by atoms with van der Waals surface area (Å²) in [5, 5.41) is 11.4. The van der Waals surface area contributed by atoms with Crippen molar-refractivity contribution in [2.75, 3.05) is 7.11 Å². The van der Waals surface area contributed by atoms with E-state index < -0.39 is 10.9 Å². The van der Waals surface area contributed by atoms with E-state index in [1.54, 1.807) is 54.2 Å². The minimum atomic E-state index is -0.483. The molecule has 0 spiro atoms. The Morgan fingerprint density at radius 1 is 1.03 bits per heavy atom. The average Bonchev–Trinajstić information content (AvgIpc) is 3.18. The lowest BCUT2D eigenvalue weighted by Crippen LogP contribution is -2.03. The van der Waals surface area contributed by atoms with Crippen LogP contribution >= 0.6 is 0 Å². The molecule has 0 amide bonds. The Bertz CT molecular complexity index is 1330. The Morgan fingerprint density at radius 3 is 2.27 bits per heavy atom. The van der Waals surface area contributed by atoms with Crippen LogP contribution in [0.25, 0.3) is 33.6 Å². The number of furan rings is 1. The first-order valence-corrected chi connectivity index (χ1v) is 8.96. The third kappa shape index (κ3) is 3.14. The van der Waals surface area contributed by atoms with Crippen LogP contribution in [0, 0.1) is 10.1 Å². The molecule has 2 heterocycles. The number of carbonyl (C=O) groups excluding carboxylic acids is 1. The number of rotatable bonds is 4. The Morgan fingerprint density at radius 2 is 1.67 bits per heavy atom. The lowest BCUT2D eigenvalue weighted by atomic mass is 9.98. The number of aromatic nitrogens is 1. The molecule has 2 aromatic carbocycles. The van der Waals surface area contributed by atoms with Crippen LogP contribution in [0.2, 0.25) is 0 Å². The van der Waals surface area contributed by atoms with Crippen LogP contribution in [0.3, 0.4) is 0 Å². The molecule has 0 aliphatic rings. The molecule has 30 heavy (non-hydrogen) atoms. The van der Waals surface area contributed by atoms with E-state index in [-0.39, 0.29) is 11.1 Å². The summed E-state index contributed by atoms with van der Waals surface area (Å²) < 4.78 is 12.5. The summed E-state index contributed by atoms with van der Waals surface area (Å²) in [5.41, 5.74) is 2.27. The number of nitro benzene ring substituents is 1. The van der Waals surface area contributed by atoms with Crippen molar-refractivity contribution in [2.45, 2.75) is 0 Å². The second-order valence-electron chi connectivity index (χ2n) is 6.65. The van der Waals surface area contributed by atoms with Crippen molar-refractivity contribution in [2.24, 2.45) is 7.05 Å². The fourth-order valence-electron chi connectivity index (χ4n) is 3.33. The highest BCUT2D eigenvalue weighted by Gasteiger charge is 2.22. The highest BCUT2D eigenvalue weighted by atomic mass is 16.6. The number of fused-ring (bicyclic) bond motifs is 1. The summed E-state index contributed by atoms with van der Waals surface area (Å²) >= 11 is 0. The predicted molar refractivity (Wildman–Crippen MR) is 110 cm³/mol.